The van der Waals surface area contributed by atoms with E-state index < -0.39 is 11.4 Å². The number of fused-ring (bicyclic) bond motifs is 3. The molecule has 2 unspecified atom stereocenters. The monoisotopic (exact) mass is 224 g/mol. The van der Waals surface area contributed by atoms with Crippen LogP contribution in [0.25, 0.3) is 0 Å². The Morgan fingerprint density at radius 3 is 2.50 bits per heavy atom. The van der Waals surface area contributed by atoms with Crippen molar-refractivity contribution < 1.29 is 14.2 Å². The summed E-state index contributed by atoms with van der Waals surface area (Å²) in [6, 6.07) is 0. The van der Waals surface area contributed by atoms with Gasteiger partial charge in [-0.25, -0.2) is 0 Å². The molecule has 3 saturated heterocycles. The Bertz CT molecular complexity index is 332. The first kappa shape index (κ1) is 10.8. The van der Waals surface area contributed by atoms with Gasteiger partial charge in [0, 0.05) is 6.42 Å². The van der Waals surface area contributed by atoms with E-state index in [1.807, 2.05) is 0 Å². The lowest BCUT2D eigenvalue weighted by Gasteiger charge is -2.52. The summed E-state index contributed by atoms with van der Waals surface area (Å²) >= 11 is 0. The van der Waals surface area contributed by atoms with Crippen LogP contribution in [-0.4, -0.2) is 30.2 Å². The molecule has 3 fully saturated rings. The van der Waals surface area contributed by atoms with E-state index in [2.05, 4.69) is 20.4 Å². The summed E-state index contributed by atoms with van der Waals surface area (Å²) in [6.07, 6.45) is 3.81. The molecule has 3 heterocycles. The van der Waals surface area contributed by atoms with Crippen molar-refractivity contribution in [3.8, 4) is 0 Å². The van der Waals surface area contributed by atoms with Crippen molar-refractivity contribution in [2.24, 2.45) is 0 Å². The molecule has 3 aliphatic heterocycles. The van der Waals surface area contributed by atoms with Crippen LogP contribution >= 0.6 is 0 Å². The zero-order valence-corrected chi connectivity index (χ0v) is 10.2. The maximum absolute atomic E-state index is 6.23. The molecule has 0 aromatic carbocycles. The second-order valence-electron chi connectivity index (χ2n) is 5.67. The van der Waals surface area contributed by atoms with Crippen LogP contribution in [0.2, 0.25) is 0 Å². The lowest BCUT2D eigenvalue weighted by Crippen LogP contribution is -2.62. The normalized spacial score (nSPS) is 46.2. The lowest BCUT2D eigenvalue weighted by molar-refractivity contribution is -0.364. The van der Waals surface area contributed by atoms with Crippen molar-refractivity contribution in [1.29, 1.82) is 0 Å². The van der Waals surface area contributed by atoms with Crippen molar-refractivity contribution in [2.75, 3.05) is 13.2 Å². The van der Waals surface area contributed by atoms with E-state index in [0.717, 1.165) is 44.5 Å². The summed E-state index contributed by atoms with van der Waals surface area (Å²) in [6.45, 7) is 9.95. The quantitative estimate of drug-likeness (QED) is 0.591. The molecule has 0 amide bonds. The lowest BCUT2D eigenvalue weighted by atomic mass is 9.85. The predicted molar refractivity (Wildman–Crippen MR) is 60.1 cm³/mol. The Balaban J connectivity index is 1.99. The number of hydrogen-bond donors (Lipinski definition) is 0. The molecule has 2 bridgehead atoms. The molecule has 0 saturated carbocycles. The van der Waals surface area contributed by atoms with Crippen LogP contribution in [0.3, 0.4) is 0 Å². The molecule has 16 heavy (non-hydrogen) atoms. The molecule has 3 heteroatoms. The summed E-state index contributed by atoms with van der Waals surface area (Å²) < 4.78 is 18.1. The fourth-order valence-corrected chi connectivity index (χ4v) is 3.37. The number of ether oxygens (including phenoxy) is 3. The molecule has 3 aliphatic rings. The minimum Gasteiger partial charge on any atom is -0.359 e. The van der Waals surface area contributed by atoms with E-state index >= 15 is 0 Å². The smallest absolute Gasteiger partial charge is 0.201 e. The Morgan fingerprint density at radius 2 is 1.81 bits per heavy atom. The summed E-state index contributed by atoms with van der Waals surface area (Å²) in [5.74, 6) is -0.571. The number of hydrogen-bond acceptors (Lipinski definition) is 3. The van der Waals surface area contributed by atoms with Gasteiger partial charge in [0.15, 0.2) is 0 Å². The summed E-state index contributed by atoms with van der Waals surface area (Å²) in [4.78, 5) is 0. The maximum Gasteiger partial charge on any atom is 0.201 e. The van der Waals surface area contributed by atoms with Gasteiger partial charge in [-0.05, 0) is 38.7 Å². The van der Waals surface area contributed by atoms with Crippen molar-refractivity contribution in [3.63, 3.8) is 0 Å². The molecule has 1 spiro atoms. The zero-order valence-electron chi connectivity index (χ0n) is 10.2. The van der Waals surface area contributed by atoms with E-state index in [0.29, 0.717) is 0 Å². The summed E-state index contributed by atoms with van der Waals surface area (Å²) in [5, 5.41) is 0. The third-order valence-corrected chi connectivity index (χ3v) is 4.38. The minimum atomic E-state index is -0.571. The van der Waals surface area contributed by atoms with Gasteiger partial charge >= 0.3 is 0 Å². The molecule has 3 nitrogen and oxygen atoms in total. The molecule has 0 aromatic rings. The van der Waals surface area contributed by atoms with E-state index in [1.165, 1.54) is 0 Å². The second-order valence-corrected chi connectivity index (χ2v) is 5.67. The Labute approximate surface area is 96.8 Å². The van der Waals surface area contributed by atoms with Gasteiger partial charge in [0.25, 0.3) is 0 Å². The van der Waals surface area contributed by atoms with Crippen LogP contribution in [0.5, 0.6) is 0 Å². The third-order valence-electron chi connectivity index (χ3n) is 4.38. The van der Waals surface area contributed by atoms with E-state index in [1.54, 1.807) is 0 Å². The van der Waals surface area contributed by atoms with Crippen molar-refractivity contribution in [2.45, 2.75) is 56.5 Å². The SMILES string of the molecule is C=C1CC2(C)CCC3(OCCCO3)C1(C)O2. The highest BCUT2D eigenvalue weighted by Crippen LogP contribution is 2.57. The molecule has 90 valence electrons. The van der Waals surface area contributed by atoms with Crippen LogP contribution in [0, 0.1) is 0 Å². The van der Waals surface area contributed by atoms with Gasteiger partial charge in [0.05, 0.1) is 18.8 Å². The van der Waals surface area contributed by atoms with Crippen molar-refractivity contribution in [1.82, 2.24) is 0 Å². The molecule has 0 aromatic heterocycles. The van der Waals surface area contributed by atoms with Crippen LogP contribution in [0.4, 0.5) is 0 Å². The first-order valence-electron chi connectivity index (χ1n) is 6.16. The fourth-order valence-electron chi connectivity index (χ4n) is 3.37. The minimum absolute atomic E-state index is 0.0543. The van der Waals surface area contributed by atoms with E-state index in [9.17, 15) is 0 Å². The standard InChI is InChI=1S/C13H20O3/c1-10-9-11(2)5-6-13(12(10,3)16-11)14-7-4-8-15-13/h1,4-9H2,2-3H3. The van der Waals surface area contributed by atoms with Gasteiger partial charge in [-0.3, -0.25) is 0 Å². The van der Waals surface area contributed by atoms with Crippen LogP contribution in [0.15, 0.2) is 12.2 Å². The van der Waals surface area contributed by atoms with Gasteiger partial charge < -0.3 is 14.2 Å². The average molecular weight is 224 g/mol. The first-order valence-corrected chi connectivity index (χ1v) is 6.16. The number of rotatable bonds is 0. The van der Waals surface area contributed by atoms with Crippen LogP contribution < -0.4 is 0 Å². The Morgan fingerprint density at radius 1 is 1.12 bits per heavy atom. The van der Waals surface area contributed by atoms with Gasteiger partial charge in [-0.2, -0.15) is 0 Å². The predicted octanol–water partition coefficient (Wildman–Crippen LogP) is 2.41. The highest BCUT2D eigenvalue weighted by atomic mass is 16.7. The molecular weight excluding hydrogens is 204 g/mol. The second kappa shape index (κ2) is 3.09. The average Bonchev–Trinajstić information content (AvgIpc) is 2.46. The largest absolute Gasteiger partial charge is 0.359 e. The van der Waals surface area contributed by atoms with E-state index in [4.69, 9.17) is 14.2 Å². The van der Waals surface area contributed by atoms with Gasteiger partial charge in [-0.1, -0.05) is 6.58 Å². The first-order chi connectivity index (χ1) is 7.50. The molecule has 3 rings (SSSR count). The molecular formula is C13H20O3. The maximum atomic E-state index is 6.23. The van der Waals surface area contributed by atoms with Gasteiger partial charge in [-0.15, -0.1) is 0 Å². The topological polar surface area (TPSA) is 27.7 Å². The Kier molecular flexibility index (Phi) is 2.08. The molecule has 2 atom stereocenters. The van der Waals surface area contributed by atoms with Crippen LogP contribution in [-0.2, 0) is 14.2 Å². The molecule has 0 N–H and O–H groups in total. The van der Waals surface area contributed by atoms with Gasteiger partial charge in [0.2, 0.25) is 5.79 Å². The van der Waals surface area contributed by atoms with Gasteiger partial charge in [0.1, 0.15) is 5.60 Å². The van der Waals surface area contributed by atoms with Crippen LogP contribution in [0.1, 0.15) is 39.5 Å². The fraction of sp³-hybridized carbons (Fsp3) is 0.846. The Hall–Kier alpha value is -0.380. The molecule has 0 radical (unpaired) electrons. The highest BCUT2D eigenvalue weighted by molar-refractivity contribution is 5.28. The molecule has 0 aliphatic carbocycles. The zero-order chi connectivity index (χ0) is 11.4. The van der Waals surface area contributed by atoms with Crippen molar-refractivity contribution in [3.05, 3.63) is 12.2 Å². The van der Waals surface area contributed by atoms with Crippen molar-refractivity contribution >= 4 is 0 Å². The summed E-state index contributed by atoms with van der Waals surface area (Å²) in [7, 11) is 0. The highest BCUT2D eigenvalue weighted by Gasteiger charge is 2.64. The third kappa shape index (κ3) is 1.19. The summed E-state index contributed by atoms with van der Waals surface area (Å²) in [5.41, 5.74) is 0.608. The van der Waals surface area contributed by atoms with E-state index in [-0.39, 0.29) is 5.60 Å².